The van der Waals surface area contributed by atoms with E-state index in [1.54, 1.807) is 17.5 Å². The fraction of sp³-hybridized carbons (Fsp3) is 0.444. The van der Waals surface area contributed by atoms with Crippen LogP contribution in [0.25, 0.3) is 0 Å². The minimum absolute atomic E-state index is 0.0844. The third-order valence-electron chi connectivity index (χ3n) is 2.26. The van der Waals surface area contributed by atoms with E-state index in [9.17, 15) is 9.59 Å². The van der Waals surface area contributed by atoms with Crippen molar-refractivity contribution in [3.8, 4) is 0 Å². The third kappa shape index (κ3) is 1.98. The van der Waals surface area contributed by atoms with Crippen molar-refractivity contribution in [2.45, 2.75) is 19.3 Å². The predicted molar refractivity (Wildman–Crippen MR) is 51.7 cm³/mol. The van der Waals surface area contributed by atoms with E-state index in [4.69, 9.17) is 0 Å². The van der Waals surface area contributed by atoms with E-state index in [1.807, 2.05) is 5.38 Å². The van der Waals surface area contributed by atoms with Crippen molar-refractivity contribution in [3.05, 3.63) is 16.6 Å². The lowest BCUT2D eigenvalue weighted by molar-refractivity contribution is -0.136. The number of hydrogen-bond acceptors (Lipinski definition) is 4. The number of rotatable bonds is 2. The number of carbonyl (C=O) groups excluding carboxylic acids is 2. The molecule has 1 N–H and O–H groups in total. The van der Waals surface area contributed by atoms with Crippen molar-refractivity contribution in [2.75, 3.05) is 0 Å². The quantitative estimate of drug-likeness (QED) is 0.732. The molecule has 1 aliphatic heterocycles. The summed E-state index contributed by atoms with van der Waals surface area (Å²) in [6, 6.07) is 0. The van der Waals surface area contributed by atoms with Gasteiger partial charge in [0.15, 0.2) is 0 Å². The molecular formula is C9H10N2O2S. The number of hydrogen-bond donors (Lipinski definition) is 1. The molecule has 1 saturated heterocycles. The molecule has 1 aromatic rings. The van der Waals surface area contributed by atoms with Gasteiger partial charge in [0, 0.05) is 30.3 Å². The molecule has 4 nitrogen and oxygen atoms in total. The number of piperidine rings is 1. The van der Waals surface area contributed by atoms with Gasteiger partial charge in [-0.15, -0.1) is 11.3 Å². The second-order valence-electron chi connectivity index (χ2n) is 3.28. The first-order valence-corrected chi connectivity index (χ1v) is 5.36. The van der Waals surface area contributed by atoms with Crippen molar-refractivity contribution in [1.29, 1.82) is 0 Å². The molecule has 1 unspecified atom stereocenters. The van der Waals surface area contributed by atoms with Crippen LogP contribution in [0.4, 0.5) is 0 Å². The Balaban J connectivity index is 1.99. The third-order valence-corrected chi connectivity index (χ3v) is 3.06. The average molecular weight is 210 g/mol. The summed E-state index contributed by atoms with van der Waals surface area (Å²) in [7, 11) is 0. The number of thiazole rings is 1. The van der Waals surface area contributed by atoms with Crippen molar-refractivity contribution in [1.82, 2.24) is 10.3 Å². The summed E-state index contributed by atoms with van der Waals surface area (Å²) in [5, 5.41) is 5.19. The van der Waals surface area contributed by atoms with E-state index in [2.05, 4.69) is 10.3 Å². The Hall–Kier alpha value is -1.23. The topological polar surface area (TPSA) is 59.1 Å². The van der Waals surface area contributed by atoms with Crippen molar-refractivity contribution < 1.29 is 9.59 Å². The lowest BCUT2D eigenvalue weighted by Gasteiger charge is -2.19. The Morgan fingerprint density at radius 1 is 1.57 bits per heavy atom. The van der Waals surface area contributed by atoms with Crippen LogP contribution < -0.4 is 5.32 Å². The van der Waals surface area contributed by atoms with Crippen LogP contribution in [0.5, 0.6) is 0 Å². The van der Waals surface area contributed by atoms with Gasteiger partial charge in [-0.25, -0.2) is 4.98 Å². The first-order chi connectivity index (χ1) is 6.75. The Morgan fingerprint density at radius 2 is 2.43 bits per heavy atom. The molecular weight excluding hydrogens is 200 g/mol. The fourth-order valence-electron chi connectivity index (χ4n) is 1.50. The SMILES string of the molecule is O=C1CCC(Cc2nccs2)C(=O)N1. The van der Waals surface area contributed by atoms with Gasteiger partial charge in [-0.3, -0.25) is 14.9 Å². The Labute approximate surface area is 85.3 Å². The molecule has 74 valence electrons. The number of nitrogens with zero attached hydrogens (tertiary/aromatic N) is 1. The highest BCUT2D eigenvalue weighted by atomic mass is 32.1. The highest BCUT2D eigenvalue weighted by molar-refractivity contribution is 7.09. The van der Waals surface area contributed by atoms with Crippen molar-refractivity contribution >= 4 is 23.2 Å². The molecule has 2 heterocycles. The summed E-state index contributed by atoms with van der Waals surface area (Å²) in [5.41, 5.74) is 0. The summed E-state index contributed by atoms with van der Waals surface area (Å²) < 4.78 is 0. The molecule has 14 heavy (non-hydrogen) atoms. The van der Waals surface area contributed by atoms with Crippen LogP contribution in [0, 0.1) is 5.92 Å². The van der Waals surface area contributed by atoms with E-state index in [0.717, 1.165) is 5.01 Å². The van der Waals surface area contributed by atoms with Crippen LogP contribution >= 0.6 is 11.3 Å². The van der Waals surface area contributed by atoms with Gasteiger partial charge in [0.25, 0.3) is 0 Å². The van der Waals surface area contributed by atoms with Crippen LogP contribution in [0.15, 0.2) is 11.6 Å². The van der Waals surface area contributed by atoms with Gasteiger partial charge in [-0.05, 0) is 6.42 Å². The van der Waals surface area contributed by atoms with Crippen LogP contribution in [0.1, 0.15) is 17.8 Å². The first-order valence-electron chi connectivity index (χ1n) is 4.48. The minimum Gasteiger partial charge on any atom is -0.296 e. The Morgan fingerprint density at radius 3 is 3.07 bits per heavy atom. The maximum absolute atomic E-state index is 11.4. The zero-order chi connectivity index (χ0) is 9.97. The zero-order valence-electron chi connectivity index (χ0n) is 7.53. The van der Waals surface area contributed by atoms with Crippen LogP contribution in [0.3, 0.4) is 0 Å². The molecule has 1 aromatic heterocycles. The molecule has 0 bridgehead atoms. The summed E-state index contributed by atoms with van der Waals surface area (Å²) in [5.74, 6) is -0.402. The smallest absolute Gasteiger partial charge is 0.230 e. The molecule has 1 aliphatic rings. The van der Waals surface area contributed by atoms with E-state index in [1.165, 1.54) is 0 Å². The molecule has 0 saturated carbocycles. The van der Waals surface area contributed by atoms with Crippen molar-refractivity contribution in [3.63, 3.8) is 0 Å². The fourth-order valence-corrected chi connectivity index (χ4v) is 2.20. The average Bonchev–Trinajstić information content (AvgIpc) is 2.62. The molecule has 0 aromatic carbocycles. The number of imide groups is 1. The molecule has 0 aliphatic carbocycles. The van der Waals surface area contributed by atoms with Gasteiger partial charge in [0.2, 0.25) is 11.8 Å². The number of aromatic nitrogens is 1. The largest absolute Gasteiger partial charge is 0.296 e. The number of amides is 2. The molecule has 1 fully saturated rings. The molecule has 5 heteroatoms. The van der Waals surface area contributed by atoms with E-state index in [-0.39, 0.29) is 17.7 Å². The van der Waals surface area contributed by atoms with Gasteiger partial charge in [0.05, 0.1) is 5.01 Å². The molecule has 2 rings (SSSR count). The highest BCUT2D eigenvalue weighted by Gasteiger charge is 2.26. The normalized spacial score (nSPS) is 22.1. The second kappa shape index (κ2) is 3.88. The maximum atomic E-state index is 11.4. The summed E-state index contributed by atoms with van der Waals surface area (Å²) in [4.78, 5) is 26.4. The van der Waals surface area contributed by atoms with Gasteiger partial charge in [-0.1, -0.05) is 0 Å². The van der Waals surface area contributed by atoms with Crippen LogP contribution in [-0.2, 0) is 16.0 Å². The summed E-state index contributed by atoms with van der Waals surface area (Å²) in [6.45, 7) is 0. The standard InChI is InChI=1S/C9H10N2O2S/c12-7-2-1-6(9(13)11-7)5-8-10-3-4-14-8/h3-4,6H,1-2,5H2,(H,11,12,13). The summed E-state index contributed by atoms with van der Waals surface area (Å²) >= 11 is 1.54. The Kier molecular flexibility index (Phi) is 2.58. The first kappa shape index (κ1) is 9.33. The molecule has 1 atom stereocenters. The van der Waals surface area contributed by atoms with Gasteiger partial charge < -0.3 is 0 Å². The molecule has 0 spiro atoms. The van der Waals surface area contributed by atoms with Gasteiger partial charge >= 0.3 is 0 Å². The Bertz CT molecular complexity index is 348. The van der Waals surface area contributed by atoms with E-state index < -0.39 is 0 Å². The van der Waals surface area contributed by atoms with E-state index >= 15 is 0 Å². The van der Waals surface area contributed by atoms with Gasteiger partial charge in [0.1, 0.15) is 0 Å². The molecule has 0 radical (unpaired) electrons. The van der Waals surface area contributed by atoms with Crippen LogP contribution in [0.2, 0.25) is 0 Å². The van der Waals surface area contributed by atoms with Gasteiger partial charge in [-0.2, -0.15) is 0 Å². The predicted octanol–water partition coefficient (Wildman–Crippen LogP) is 0.738. The lowest BCUT2D eigenvalue weighted by atomic mass is 9.95. The second-order valence-corrected chi connectivity index (χ2v) is 4.26. The van der Waals surface area contributed by atoms with Crippen LogP contribution in [-0.4, -0.2) is 16.8 Å². The minimum atomic E-state index is -0.162. The number of carbonyl (C=O) groups is 2. The maximum Gasteiger partial charge on any atom is 0.230 e. The van der Waals surface area contributed by atoms with E-state index in [0.29, 0.717) is 19.3 Å². The summed E-state index contributed by atoms with van der Waals surface area (Å²) in [6.07, 6.45) is 3.47. The highest BCUT2D eigenvalue weighted by Crippen LogP contribution is 2.18. The number of nitrogens with one attached hydrogen (secondary N) is 1. The molecule has 2 amide bonds. The van der Waals surface area contributed by atoms with Crippen molar-refractivity contribution in [2.24, 2.45) is 5.92 Å². The zero-order valence-corrected chi connectivity index (χ0v) is 8.34. The monoisotopic (exact) mass is 210 g/mol. The lowest BCUT2D eigenvalue weighted by Crippen LogP contribution is -2.41.